The number of aryl methyl sites for hydroxylation is 1. The molecule has 5 heteroatoms. The van der Waals surface area contributed by atoms with Crippen LogP contribution in [0.3, 0.4) is 0 Å². The lowest BCUT2D eigenvalue weighted by Crippen LogP contribution is -2.74. The van der Waals surface area contributed by atoms with Crippen molar-refractivity contribution in [3.05, 3.63) is 35.9 Å². The molecule has 0 radical (unpaired) electrons. The lowest BCUT2D eigenvalue weighted by atomic mass is 9.52. The Morgan fingerprint density at radius 3 is 2.88 bits per heavy atom. The summed E-state index contributed by atoms with van der Waals surface area (Å²) in [6.07, 6.45) is 2.68. The van der Waals surface area contributed by atoms with E-state index in [0.29, 0.717) is 24.3 Å². The van der Waals surface area contributed by atoms with Crippen molar-refractivity contribution in [1.29, 1.82) is 0 Å². The molecule has 0 aromatic heterocycles. The number of methoxy groups -OCH3 is 1. The summed E-state index contributed by atoms with van der Waals surface area (Å²) >= 11 is 0. The van der Waals surface area contributed by atoms with E-state index in [1.807, 2.05) is 18.2 Å². The van der Waals surface area contributed by atoms with Crippen molar-refractivity contribution in [1.82, 2.24) is 4.90 Å². The maximum atomic E-state index is 12.1. The van der Waals surface area contributed by atoms with Crippen LogP contribution in [0.1, 0.15) is 37.3 Å². The van der Waals surface area contributed by atoms with Gasteiger partial charge in [0, 0.05) is 18.2 Å². The van der Waals surface area contributed by atoms with Crippen LogP contribution in [0, 0.1) is 6.92 Å². The molecule has 1 spiro atoms. The van der Waals surface area contributed by atoms with Crippen LogP contribution in [-0.4, -0.2) is 59.2 Å². The number of piperidine rings is 1. The van der Waals surface area contributed by atoms with Gasteiger partial charge in [-0.15, -0.1) is 6.58 Å². The van der Waals surface area contributed by atoms with E-state index in [1.54, 1.807) is 7.11 Å². The van der Waals surface area contributed by atoms with E-state index in [0.717, 1.165) is 30.6 Å². The van der Waals surface area contributed by atoms with Crippen molar-refractivity contribution < 1.29 is 19.7 Å². The van der Waals surface area contributed by atoms with Gasteiger partial charge in [-0.05, 0) is 51.3 Å². The highest BCUT2D eigenvalue weighted by atomic mass is 16.5. The Balaban J connectivity index is 1.93. The van der Waals surface area contributed by atoms with Gasteiger partial charge in [0.05, 0.1) is 24.2 Å². The Labute approximate surface area is 155 Å². The van der Waals surface area contributed by atoms with Crippen LogP contribution < -0.4 is 9.47 Å². The second-order valence-corrected chi connectivity index (χ2v) is 8.04. The van der Waals surface area contributed by atoms with Crippen molar-refractivity contribution in [3.8, 4) is 11.5 Å². The molecule has 2 fully saturated rings. The van der Waals surface area contributed by atoms with E-state index >= 15 is 0 Å². The minimum Gasteiger partial charge on any atom is -0.493 e. The number of nitrogens with zero attached hydrogens (tertiary/aromatic N) is 1. The topological polar surface area (TPSA) is 62.2 Å². The van der Waals surface area contributed by atoms with Crippen LogP contribution in [0.15, 0.2) is 24.8 Å². The quantitative estimate of drug-likeness (QED) is 0.810. The summed E-state index contributed by atoms with van der Waals surface area (Å²) in [7, 11) is 1.63. The van der Waals surface area contributed by atoms with Crippen LogP contribution in [0.4, 0.5) is 0 Å². The number of benzene rings is 1. The van der Waals surface area contributed by atoms with Gasteiger partial charge < -0.3 is 19.7 Å². The molecule has 2 heterocycles. The standard InChI is InChI=1S/C21H29NO4/c1-5-11-22-12-10-20-17-13(2)6-7-16(25-4)18(17)26-19(20)15(23)8-9-21(20,24)14(22)3/h5-7,14-15,19,23-24H,1,8-12H2,2-4H3/t14-,15+,19+,20+,21-/m0/s1. The van der Waals surface area contributed by atoms with Crippen LogP contribution in [0.2, 0.25) is 0 Å². The Kier molecular flexibility index (Phi) is 4.10. The third kappa shape index (κ3) is 2.02. The molecule has 2 aliphatic heterocycles. The second-order valence-electron chi connectivity index (χ2n) is 8.04. The highest BCUT2D eigenvalue weighted by Crippen LogP contribution is 2.62. The number of rotatable bonds is 3. The summed E-state index contributed by atoms with van der Waals surface area (Å²) in [5, 5.41) is 22.9. The minimum atomic E-state index is -0.972. The summed E-state index contributed by atoms with van der Waals surface area (Å²) in [5.74, 6) is 1.37. The van der Waals surface area contributed by atoms with Gasteiger partial charge >= 0.3 is 0 Å². The Morgan fingerprint density at radius 1 is 1.42 bits per heavy atom. The normalized spacial score (nSPS) is 38.7. The van der Waals surface area contributed by atoms with Gasteiger partial charge in [0.25, 0.3) is 0 Å². The summed E-state index contributed by atoms with van der Waals surface area (Å²) in [6, 6.07) is 3.88. The third-order valence-corrected chi connectivity index (χ3v) is 7.07. The maximum Gasteiger partial charge on any atom is 0.166 e. The molecule has 5 nitrogen and oxygen atoms in total. The SMILES string of the molecule is C=CCN1CC[C@@]23c4c(C)ccc(OC)c4O[C@@H]2[C@H](O)CC[C@]3(O)[C@@H]1C. The summed E-state index contributed by atoms with van der Waals surface area (Å²) < 4.78 is 11.9. The Bertz CT molecular complexity index is 735. The van der Waals surface area contributed by atoms with Gasteiger partial charge in [0.2, 0.25) is 0 Å². The van der Waals surface area contributed by atoms with Gasteiger partial charge in [-0.1, -0.05) is 12.1 Å². The first-order valence-corrected chi connectivity index (χ1v) is 9.51. The Hall–Kier alpha value is -1.56. The van der Waals surface area contributed by atoms with Gasteiger partial charge in [-0.2, -0.15) is 0 Å². The van der Waals surface area contributed by atoms with Crippen LogP contribution in [-0.2, 0) is 5.41 Å². The third-order valence-electron chi connectivity index (χ3n) is 7.07. The average molecular weight is 359 g/mol. The fraction of sp³-hybridized carbons (Fsp3) is 0.619. The summed E-state index contributed by atoms with van der Waals surface area (Å²) in [5.41, 5.74) is 0.518. The van der Waals surface area contributed by atoms with E-state index in [2.05, 4.69) is 25.3 Å². The maximum absolute atomic E-state index is 12.1. The molecule has 1 aliphatic carbocycles. The fourth-order valence-corrected chi connectivity index (χ4v) is 5.77. The smallest absolute Gasteiger partial charge is 0.166 e. The zero-order valence-corrected chi connectivity index (χ0v) is 15.9. The number of ether oxygens (including phenoxy) is 2. The first-order chi connectivity index (χ1) is 12.4. The molecule has 0 bridgehead atoms. The molecule has 3 aliphatic rings. The zero-order valence-electron chi connectivity index (χ0n) is 15.9. The second kappa shape index (κ2) is 5.98. The number of aliphatic hydroxyl groups excluding tert-OH is 1. The molecule has 1 saturated heterocycles. The van der Waals surface area contributed by atoms with Crippen molar-refractivity contribution in [2.24, 2.45) is 0 Å². The highest BCUT2D eigenvalue weighted by Gasteiger charge is 2.70. The molecular formula is C21H29NO4. The minimum absolute atomic E-state index is 0.0515. The number of aliphatic hydroxyl groups is 2. The number of hydrogen-bond acceptors (Lipinski definition) is 5. The van der Waals surface area contributed by atoms with Crippen molar-refractivity contribution >= 4 is 0 Å². The molecule has 1 aromatic rings. The average Bonchev–Trinajstić information content (AvgIpc) is 2.99. The predicted octanol–water partition coefficient (Wildman–Crippen LogP) is 2.17. The van der Waals surface area contributed by atoms with Crippen molar-refractivity contribution in [3.63, 3.8) is 0 Å². The van der Waals surface area contributed by atoms with E-state index in [1.165, 1.54) is 0 Å². The molecular weight excluding hydrogens is 330 g/mol. The number of likely N-dealkylation sites (tertiary alicyclic amines) is 1. The molecule has 0 amide bonds. The number of fused-ring (bicyclic) bond motifs is 1. The summed E-state index contributed by atoms with van der Waals surface area (Å²) in [6.45, 7) is 9.59. The molecule has 4 rings (SSSR count). The van der Waals surface area contributed by atoms with Gasteiger partial charge in [0.1, 0.15) is 6.10 Å². The van der Waals surface area contributed by atoms with Crippen molar-refractivity contribution in [2.45, 2.75) is 62.4 Å². The monoisotopic (exact) mass is 359 g/mol. The van der Waals surface area contributed by atoms with Crippen molar-refractivity contribution in [2.75, 3.05) is 20.2 Å². The molecule has 5 atom stereocenters. The fourth-order valence-electron chi connectivity index (χ4n) is 5.77. The van der Waals surface area contributed by atoms with Gasteiger partial charge in [-0.25, -0.2) is 0 Å². The van der Waals surface area contributed by atoms with E-state index in [4.69, 9.17) is 9.47 Å². The van der Waals surface area contributed by atoms with Gasteiger partial charge in [0.15, 0.2) is 11.5 Å². The Morgan fingerprint density at radius 2 is 2.19 bits per heavy atom. The van der Waals surface area contributed by atoms with Gasteiger partial charge in [-0.3, -0.25) is 4.90 Å². The molecule has 26 heavy (non-hydrogen) atoms. The molecule has 2 N–H and O–H groups in total. The van der Waals surface area contributed by atoms with E-state index in [-0.39, 0.29) is 6.04 Å². The zero-order chi connectivity index (χ0) is 18.7. The first-order valence-electron chi connectivity index (χ1n) is 9.51. The lowest BCUT2D eigenvalue weighted by Gasteiger charge is -2.60. The first kappa shape index (κ1) is 17.8. The van der Waals surface area contributed by atoms with E-state index < -0.39 is 23.2 Å². The lowest BCUT2D eigenvalue weighted by molar-refractivity contribution is -0.198. The van der Waals surface area contributed by atoms with Crippen LogP contribution >= 0.6 is 0 Å². The molecule has 1 aromatic carbocycles. The number of hydrogen-bond donors (Lipinski definition) is 2. The highest BCUT2D eigenvalue weighted by molar-refractivity contribution is 5.60. The van der Waals surface area contributed by atoms with Crippen LogP contribution in [0.25, 0.3) is 0 Å². The molecule has 1 saturated carbocycles. The predicted molar refractivity (Wildman–Crippen MR) is 99.9 cm³/mol. The largest absolute Gasteiger partial charge is 0.493 e. The molecule has 142 valence electrons. The molecule has 0 unspecified atom stereocenters. The summed E-state index contributed by atoms with van der Waals surface area (Å²) in [4.78, 5) is 2.28. The van der Waals surface area contributed by atoms with E-state index in [9.17, 15) is 10.2 Å². The van der Waals surface area contributed by atoms with Crippen LogP contribution in [0.5, 0.6) is 11.5 Å².